The lowest BCUT2D eigenvalue weighted by molar-refractivity contribution is -0.384. The van der Waals surface area contributed by atoms with Crippen LogP contribution in [0.2, 0.25) is 0 Å². The highest BCUT2D eigenvalue weighted by molar-refractivity contribution is 5.88. The van der Waals surface area contributed by atoms with Crippen LogP contribution in [0.4, 0.5) is 11.4 Å². The van der Waals surface area contributed by atoms with Gasteiger partial charge in [-0.2, -0.15) is 0 Å². The summed E-state index contributed by atoms with van der Waals surface area (Å²) in [5.74, 6) is -1.23. The van der Waals surface area contributed by atoms with E-state index in [4.69, 9.17) is 0 Å². The molecular formula is C19H16N3O4-. The maximum absolute atomic E-state index is 11.2. The predicted molar refractivity (Wildman–Crippen MR) is 95.1 cm³/mol. The smallest absolute Gasteiger partial charge is 0.270 e. The first-order chi connectivity index (χ1) is 12.4. The topological polar surface area (TPSA) is 99.4 Å². The van der Waals surface area contributed by atoms with E-state index < -0.39 is 10.9 Å². The summed E-state index contributed by atoms with van der Waals surface area (Å²) in [5.41, 5.74) is 3.65. The lowest BCUT2D eigenvalue weighted by Gasteiger charge is -2.26. The number of carboxylic acid groups (broad SMARTS) is 1. The average Bonchev–Trinajstić information content (AvgIpc) is 2.61. The first-order valence-electron chi connectivity index (χ1n) is 7.97. The highest BCUT2D eigenvalue weighted by Gasteiger charge is 2.18. The number of aliphatic carboxylic acids is 1. The molecule has 1 aromatic carbocycles. The second-order valence-corrected chi connectivity index (χ2v) is 5.99. The van der Waals surface area contributed by atoms with Crippen LogP contribution in [0, 0.1) is 24.0 Å². The summed E-state index contributed by atoms with van der Waals surface area (Å²) >= 11 is 0. The summed E-state index contributed by atoms with van der Waals surface area (Å²) in [6, 6.07) is 8.16. The molecule has 0 fully saturated rings. The average molecular weight is 350 g/mol. The number of allylic oxidation sites excluding steroid dienone is 1. The van der Waals surface area contributed by atoms with Crippen molar-refractivity contribution in [1.29, 1.82) is 0 Å². The second-order valence-electron chi connectivity index (χ2n) is 5.99. The summed E-state index contributed by atoms with van der Waals surface area (Å²) in [7, 11) is 0. The highest BCUT2D eigenvalue weighted by Crippen LogP contribution is 2.36. The second kappa shape index (κ2) is 6.79. The quantitative estimate of drug-likeness (QED) is 0.621. The Kier molecular flexibility index (Phi) is 4.53. The number of nitrogens with zero attached hydrogens (tertiary/aromatic N) is 3. The molecule has 1 aliphatic heterocycles. The Morgan fingerprint density at radius 3 is 2.73 bits per heavy atom. The third kappa shape index (κ3) is 3.32. The third-order valence-corrected chi connectivity index (χ3v) is 4.08. The van der Waals surface area contributed by atoms with E-state index in [0.717, 1.165) is 11.3 Å². The van der Waals surface area contributed by atoms with Crippen molar-refractivity contribution >= 4 is 17.3 Å². The first-order valence-corrected chi connectivity index (χ1v) is 7.97. The fraction of sp³-hybridized carbons (Fsp3) is 0.158. The van der Waals surface area contributed by atoms with Gasteiger partial charge in [-0.25, -0.2) is 0 Å². The minimum atomic E-state index is -1.23. The number of rotatable bonds is 4. The van der Waals surface area contributed by atoms with Gasteiger partial charge in [0.15, 0.2) is 0 Å². The van der Waals surface area contributed by atoms with Crippen LogP contribution in [-0.2, 0) is 4.79 Å². The van der Waals surface area contributed by atoms with Crippen LogP contribution >= 0.6 is 0 Å². The van der Waals surface area contributed by atoms with E-state index in [0.29, 0.717) is 16.9 Å². The zero-order chi connectivity index (χ0) is 18.8. The minimum absolute atomic E-state index is 0.0132. The fourth-order valence-electron chi connectivity index (χ4n) is 2.99. The number of benzene rings is 1. The molecule has 0 saturated carbocycles. The molecule has 0 radical (unpaired) electrons. The third-order valence-electron chi connectivity index (χ3n) is 4.08. The number of carboxylic acids is 1. The summed E-state index contributed by atoms with van der Waals surface area (Å²) in [6.45, 7) is 3.66. The molecule has 2 heterocycles. The summed E-state index contributed by atoms with van der Waals surface area (Å²) in [5, 5.41) is 22.3. The molecule has 0 unspecified atom stereocenters. The van der Waals surface area contributed by atoms with Gasteiger partial charge in [-0.15, -0.1) is 0 Å². The van der Waals surface area contributed by atoms with Crippen molar-refractivity contribution in [1.82, 2.24) is 4.98 Å². The number of aromatic nitrogens is 1. The predicted octanol–water partition coefficient (Wildman–Crippen LogP) is 2.63. The van der Waals surface area contributed by atoms with Crippen LogP contribution in [0.1, 0.15) is 17.8 Å². The molecule has 2 aromatic rings. The Hall–Kier alpha value is -3.48. The van der Waals surface area contributed by atoms with Crippen molar-refractivity contribution in [3.8, 4) is 11.1 Å². The van der Waals surface area contributed by atoms with Gasteiger partial charge >= 0.3 is 0 Å². The van der Waals surface area contributed by atoms with Gasteiger partial charge in [-0.05, 0) is 37.5 Å². The number of aryl methyl sites for hydroxylation is 2. The molecular weight excluding hydrogens is 334 g/mol. The molecule has 0 bridgehead atoms. The Bertz CT molecular complexity index is 963. The molecule has 0 spiro atoms. The fourth-order valence-corrected chi connectivity index (χ4v) is 2.99. The SMILES string of the molecule is Cc1cc(-c2cccc([N+](=O)[O-])c2)c(N2C=CCC(C(=O)[O-])=C2)c(C)n1. The minimum Gasteiger partial charge on any atom is -0.545 e. The van der Waals surface area contributed by atoms with Gasteiger partial charge in [-0.3, -0.25) is 15.1 Å². The van der Waals surface area contributed by atoms with Crippen molar-refractivity contribution in [2.45, 2.75) is 20.3 Å². The Balaban J connectivity index is 2.20. The number of nitro groups is 1. The molecule has 7 nitrogen and oxygen atoms in total. The van der Waals surface area contributed by atoms with Crippen LogP contribution in [0.5, 0.6) is 0 Å². The molecule has 7 heteroatoms. The molecule has 0 amide bonds. The zero-order valence-corrected chi connectivity index (χ0v) is 14.3. The summed E-state index contributed by atoms with van der Waals surface area (Å²) in [6.07, 6.45) is 5.26. The normalized spacial score (nSPS) is 13.5. The van der Waals surface area contributed by atoms with Gasteiger partial charge in [0.25, 0.3) is 5.69 Å². The highest BCUT2D eigenvalue weighted by atomic mass is 16.6. The maximum Gasteiger partial charge on any atom is 0.270 e. The summed E-state index contributed by atoms with van der Waals surface area (Å²) < 4.78 is 0. The van der Waals surface area contributed by atoms with E-state index >= 15 is 0 Å². The van der Waals surface area contributed by atoms with E-state index in [1.807, 2.05) is 19.9 Å². The Morgan fingerprint density at radius 2 is 2.04 bits per heavy atom. The Labute approximate surface area is 150 Å². The molecule has 26 heavy (non-hydrogen) atoms. The van der Waals surface area contributed by atoms with Gasteiger partial charge in [0, 0.05) is 35.8 Å². The van der Waals surface area contributed by atoms with Crippen molar-refractivity contribution in [2.75, 3.05) is 4.90 Å². The number of pyridine rings is 1. The maximum atomic E-state index is 11.2. The van der Waals surface area contributed by atoms with Crippen LogP contribution in [0.15, 0.2) is 54.4 Å². The van der Waals surface area contributed by atoms with Gasteiger partial charge < -0.3 is 14.8 Å². The van der Waals surface area contributed by atoms with Crippen LogP contribution in [0.3, 0.4) is 0 Å². The number of hydrogen-bond acceptors (Lipinski definition) is 6. The van der Waals surface area contributed by atoms with E-state index in [1.54, 1.807) is 29.3 Å². The van der Waals surface area contributed by atoms with Crippen LogP contribution in [0.25, 0.3) is 11.1 Å². The molecule has 0 aliphatic carbocycles. The number of nitro benzene ring substituents is 1. The van der Waals surface area contributed by atoms with E-state index in [1.165, 1.54) is 18.3 Å². The van der Waals surface area contributed by atoms with Gasteiger partial charge in [0.1, 0.15) is 0 Å². The summed E-state index contributed by atoms with van der Waals surface area (Å²) in [4.78, 5) is 28.0. The number of non-ortho nitro benzene ring substituents is 1. The molecule has 132 valence electrons. The number of hydrogen-bond donors (Lipinski definition) is 0. The molecule has 3 rings (SSSR count). The van der Waals surface area contributed by atoms with E-state index in [2.05, 4.69) is 4.98 Å². The van der Waals surface area contributed by atoms with Crippen LogP contribution < -0.4 is 10.0 Å². The standard InChI is InChI=1S/C19H17N3O4/c1-12-9-17(14-5-3-7-16(10-14)22(25)26)18(13(2)20-12)21-8-4-6-15(11-21)19(23)24/h3-5,7-11H,6H2,1-2H3,(H,23,24)/p-1. The Morgan fingerprint density at radius 1 is 1.27 bits per heavy atom. The first kappa shape index (κ1) is 17.3. The molecule has 0 N–H and O–H groups in total. The van der Waals surface area contributed by atoms with E-state index in [9.17, 15) is 20.0 Å². The van der Waals surface area contributed by atoms with Gasteiger partial charge in [0.05, 0.1) is 22.3 Å². The van der Waals surface area contributed by atoms with Gasteiger partial charge in [-0.1, -0.05) is 18.2 Å². The number of carbonyl (C=O) groups excluding carboxylic acids is 1. The van der Waals surface area contributed by atoms with Crippen molar-refractivity contribution in [3.05, 3.63) is 75.9 Å². The lowest BCUT2D eigenvalue weighted by Crippen LogP contribution is -2.27. The number of carbonyl (C=O) groups is 1. The van der Waals surface area contributed by atoms with Crippen molar-refractivity contribution in [3.63, 3.8) is 0 Å². The van der Waals surface area contributed by atoms with Gasteiger partial charge in [0.2, 0.25) is 0 Å². The molecule has 1 aliphatic rings. The monoisotopic (exact) mass is 350 g/mol. The molecule has 0 atom stereocenters. The van der Waals surface area contributed by atoms with Crippen LogP contribution in [-0.4, -0.2) is 15.9 Å². The lowest BCUT2D eigenvalue weighted by atomic mass is 10.0. The number of anilines is 1. The van der Waals surface area contributed by atoms with Crippen molar-refractivity contribution in [2.24, 2.45) is 0 Å². The molecule has 1 aromatic heterocycles. The molecule has 0 saturated heterocycles. The van der Waals surface area contributed by atoms with Crippen molar-refractivity contribution < 1.29 is 14.8 Å². The van der Waals surface area contributed by atoms with E-state index in [-0.39, 0.29) is 17.7 Å². The zero-order valence-electron chi connectivity index (χ0n) is 14.3. The largest absolute Gasteiger partial charge is 0.545 e.